The number of amides is 1. The molecule has 0 aliphatic carbocycles. The third kappa shape index (κ3) is 4.57. The summed E-state index contributed by atoms with van der Waals surface area (Å²) in [5.74, 6) is -0.941. The van der Waals surface area contributed by atoms with Gasteiger partial charge in [-0.3, -0.25) is 5.32 Å². The van der Waals surface area contributed by atoms with Crippen molar-refractivity contribution in [3.63, 3.8) is 0 Å². The number of benzene rings is 2. The van der Waals surface area contributed by atoms with Gasteiger partial charge in [0.15, 0.2) is 0 Å². The molecule has 0 spiro atoms. The first-order chi connectivity index (χ1) is 11.0. The van der Waals surface area contributed by atoms with Gasteiger partial charge in [0, 0.05) is 17.7 Å². The van der Waals surface area contributed by atoms with Crippen LogP contribution < -0.4 is 15.8 Å². The lowest BCUT2D eigenvalue weighted by Gasteiger charge is -2.11. The largest absolute Gasteiger partial charge is 0.489 e. The Morgan fingerprint density at radius 1 is 1.22 bits per heavy atom. The minimum atomic E-state index is -0.682. The van der Waals surface area contributed by atoms with Crippen LogP contribution in [0.4, 0.5) is 25.0 Å². The van der Waals surface area contributed by atoms with E-state index < -0.39 is 17.7 Å². The molecule has 0 aliphatic heterocycles. The lowest BCUT2D eigenvalue weighted by atomic mass is 10.2. The van der Waals surface area contributed by atoms with Crippen molar-refractivity contribution in [1.82, 2.24) is 0 Å². The SMILES string of the molecule is CCOC(=O)Nc1ccc(OCc2ccc(F)cc2F)cc1N. The quantitative estimate of drug-likeness (QED) is 0.823. The van der Waals surface area contributed by atoms with Gasteiger partial charge in [0.2, 0.25) is 0 Å². The van der Waals surface area contributed by atoms with Gasteiger partial charge >= 0.3 is 6.09 Å². The van der Waals surface area contributed by atoms with E-state index >= 15 is 0 Å². The van der Waals surface area contributed by atoms with Crippen molar-refractivity contribution in [2.45, 2.75) is 13.5 Å². The standard InChI is InChI=1S/C16H16F2N2O3/c1-2-22-16(21)20-15-6-5-12(8-14(15)19)23-9-10-3-4-11(17)7-13(10)18/h3-8H,2,9,19H2,1H3,(H,20,21). The molecule has 0 saturated heterocycles. The predicted molar refractivity (Wildman–Crippen MR) is 82.2 cm³/mol. The summed E-state index contributed by atoms with van der Waals surface area (Å²) >= 11 is 0. The van der Waals surface area contributed by atoms with E-state index in [4.69, 9.17) is 15.2 Å². The Hall–Kier alpha value is -2.83. The summed E-state index contributed by atoms with van der Waals surface area (Å²) in [7, 11) is 0. The average molecular weight is 322 g/mol. The van der Waals surface area contributed by atoms with E-state index in [1.165, 1.54) is 12.1 Å². The van der Waals surface area contributed by atoms with Crippen molar-refractivity contribution in [3.05, 3.63) is 53.6 Å². The zero-order valence-corrected chi connectivity index (χ0v) is 12.4. The topological polar surface area (TPSA) is 73.6 Å². The third-order valence-electron chi connectivity index (χ3n) is 2.94. The summed E-state index contributed by atoms with van der Waals surface area (Å²) in [6.45, 7) is 1.86. The van der Waals surface area contributed by atoms with E-state index in [1.54, 1.807) is 19.1 Å². The van der Waals surface area contributed by atoms with Gasteiger partial charge in [-0.2, -0.15) is 0 Å². The molecule has 3 N–H and O–H groups in total. The van der Waals surface area contributed by atoms with E-state index in [1.807, 2.05) is 0 Å². The zero-order valence-electron chi connectivity index (χ0n) is 12.4. The van der Waals surface area contributed by atoms with Gasteiger partial charge in [0.1, 0.15) is 24.0 Å². The van der Waals surface area contributed by atoms with Crippen LogP contribution in [-0.4, -0.2) is 12.7 Å². The van der Waals surface area contributed by atoms with Gasteiger partial charge in [-0.1, -0.05) is 0 Å². The Bertz CT molecular complexity index is 708. The Labute approximate surface area is 132 Å². The Morgan fingerprint density at radius 3 is 2.65 bits per heavy atom. The van der Waals surface area contributed by atoms with Gasteiger partial charge in [0.25, 0.3) is 0 Å². The molecule has 0 atom stereocenters. The number of carbonyl (C=O) groups excluding carboxylic acids is 1. The monoisotopic (exact) mass is 322 g/mol. The number of hydrogen-bond donors (Lipinski definition) is 2. The van der Waals surface area contributed by atoms with Crippen LogP contribution in [0.25, 0.3) is 0 Å². The molecule has 0 fully saturated rings. The summed E-state index contributed by atoms with van der Waals surface area (Å²) in [5, 5.41) is 2.48. The fourth-order valence-corrected chi connectivity index (χ4v) is 1.82. The second kappa shape index (κ2) is 7.44. The molecule has 0 aliphatic rings. The number of carbonyl (C=O) groups is 1. The maximum absolute atomic E-state index is 13.5. The van der Waals surface area contributed by atoms with Crippen molar-refractivity contribution in [1.29, 1.82) is 0 Å². The van der Waals surface area contributed by atoms with Gasteiger partial charge < -0.3 is 15.2 Å². The highest BCUT2D eigenvalue weighted by Gasteiger charge is 2.08. The molecule has 2 aromatic rings. The Morgan fingerprint density at radius 2 is 2.00 bits per heavy atom. The molecule has 2 aromatic carbocycles. The summed E-state index contributed by atoms with van der Waals surface area (Å²) < 4.78 is 36.5. The lowest BCUT2D eigenvalue weighted by Crippen LogP contribution is -2.14. The zero-order chi connectivity index (χ0) is 16.8. The van der Waals surface area contributed by atoms with E-state index in [9.17, 15) is 13.6 Å². The molecule has 5 nitrogen and oxygen atoms in total. The van der Waals surface area contributed by atoms with E-state index in [-0.39, 0.29) is 24.5 Å². The number of nitrogens with one attached hydrogen (secondary N) is 1. The minimum absolute atomic E-state index is 0.0732. The number of hydrogen-bond acceptors (Lipinski definition) is 4. The van der Waals surface area contributed by atoms with Crippen molar-refractivity contribution in [2.75, 3.05) is 17.7 Å². The van der Waals surface area contributed by atoms with Gasteiger partial charge in [0.05, 0.1) is 18.0 Å². The molecule has 1 amide bonds. The van der Waals surface area contributed by atoms with E-state index in [0.29, 0.717) is 11.4 Å². The second-order valence-electron chi connectivity index (χ2n) is 4.62. The van der Waals surface area contributed by atoms with Gasteiger partial charge in [-0.25, -0.2) is 13.6 Å². The molecule has 0 saturated carbocycles. The molecule has 23 heavy (non-hydrogen) atoms. The van der Waals surface area contributed by atoms with Crippen molar-refractivity contribution in [2.24, 2.45) is 0 Å². The molecule has 0 heterocycles. The maximum Gasteiger partial charge on any atom is 0.411 e. The average Bonchev–Trinajstić information content (AvgIpc) is 2.49. The third-order valence-corrected chi connectivity index (χ3v) is 2.94. The molecule has 0 radical (unpaired) electrons. The minimum Gasteiger partial charge on any atom is -0.489 e. The molecule has 0 unspecified atom stereocenters. The van der Waals surface area contributed by atoms with Crippen LogP contribution in [0.1, 0.15) is 12.5 Å². The first kappa shape index (κ1) is 16.5. The fourth-order valence-electron chi connectivity index (χ4n) is 1.82. The summed E-state index contributed by atoms with van der Waals surface area (Å²) in [5.41, 5.74) is 6.68. The van der Waals surface area contributed by atoms with E-state index in [0.717, 1.165) is 12.1 Å². The van der Waals surface area contributed by atoms with Crippen LogP contribution >= 0.6 is 0 Å². The number of ether oxygens (including phenoxy) is 2. The van der Waals surface area contributed by atoms with Gasteiger partial charge in [-0.15, -0.1) is 0 Å². The first-order valence-corrected chi connectivity index (χ1v) is 6.89. The number of nitrogen functional groups attached to an aromatic ring is 1. The maximum atomic E-state index is 13.5. The van der Waals surface area contributed by atoms with Crippen LogP contribution in [0, 0.1) is 11.6 Å². The number of rotatable bonds is 5. The van der Waals surface area contributed by atoms with Crippen LogP contribution in [0.5, 0.6) is 5.75 Å². The lowest BCUT2D eigenvalue weighted by molar-refractivity contribution is 0.168. The molecule has 2 rings (SSSR count). The van der Waals surface area contributed by atoms with Gasteiger partial charge in [-0.05, 0) is 31.2 Å². The Balaban J connectivity index is 2.01. The van der Waals surface area contributed by atoms with Crippen molar-refractivity contribution >= 4 is 17.5 Å². The Kier molecular flexibility index (Phi) is 5.35. The fraction of sp³-hybridized carbons (Fsp3) is 0.188. The molecular weight excluding hydrogens is 306 g/mol. The normalized spacial score (nSPS) is 10.2. The van der Waals surface area contributed by atoms with E-state index in [2.05, 4.69) is 5.32 Å². The number of anilines is 2. The van der Waals surface area contributed by atoms with Crippen LogP contribution in [0.2, 0.25) is 0 Å². The number of nitrogens with two attached hydrogens (primary N) is 1. The van der Waals surface area contributed by atoms with Crippen LogP contribution in [0.3, 0.4) is 0 Å². The second-order valence-corrected chi connectivity index (χ2v) is 4.62. The van der Waals surface area contributed by atoms with Crippen LogP contribution in [-0.2, 0) is 11.3 Å². The molecule has 0 aromatic heterocycles. The summed E-state index contributed by atoms with van der Waals surface area (Å²) in [4.78, 5) is 11.3. The first-order valence-electron chi connectivity index (χ1n) is 6.89. The highest BCUT2D eigenvalue weighted by molar-refractivity contribution is 5.89. The van der Waals surface area contributed by atoms with Crippen LogP contribution in [0.15, 0.2) is 36.4 Å². The summed E-state index contributed by atoms with van der Waals surface area (Å²) in [6.07, 6.45) is -0.610. The highest BCUT2D eigenvalue weighted by Crippen LogP contribution is 2.25. The highest BCUT2D eigenvalue weighted by atomic mass is 19.1. The number of halogens is 2. The van der Waals surface area contributed by atoms with Crippen molar-refractivity contribution < 1.29 is 23.0 Å². The molecule has 7 heteroatoms. The molecule has 122 valence electrons. The predicted octanol–water partition coefficient (Wildman–Crippen LogP) is 3.69. The smallest absolute Gasteiger partial charge is 0.411 e. The summed E-state index contributed by atoms with van der Waals surface area (Å²) in [6, 6.07) is 7.86. The van der Waals surface area contributed by atoms with Crippen molar-refractivity contribution in [3.8, 4) is 5.75 Å². The molecular formula is C16H16F2N2O3. The molecule has 0 bridgehead atoms.